The molecule has 4 heterocycles. The van der Waals surface area contributed by atoms with E-state index in [9.17, 15) is 37.5 Å². The number of nitrogens with one attached hydrogen (secondary N) is 1. The van der Waals surface area contributed by atoms with Crippen molar-refractivity contribution >= 4 is 56.9 Å². The number of carbonyl (C=O) groups excluding carboxylic acids is 5. The fourth-order valence-electron chi connectivity index (χ4n) is 8.00. The van der Waals surface area contributed by atoms with Crippen LogP contribution in [0, 0.1) is 5.92 Å². The van der Waals surface area contributed by atoms with Gasteiger partial charge in [0.05, 0.1) is 36.0 Å². The van der Waals surface area contributed by atoms with Gasteiger partial charge in [-0.05, 0) is 74.8 Å². The number of rotatable bonds is 12. The van der Waals surface area contributed by atoms with E-state index in [-0.39, 0.29) is 80.6 Å². The van der Waals surface area contributed by atoms with Crippen LogP contribution in [0.5, 0.6) is 0 Å². The maximum Gasteiger partial charge on any atom is 0.287 e. The quantitative estimate of drug-likeness (QED) is 0.204. The number of likely N-dealkylation sites (tertiary alicyclic amines) is 1. The highest BCUT2D eigenvalue weighted by molar-refractivity contribution is 7.99. The molecule has 0 spiro atoms. The van der Waals surface area contributed by atoms with E-state index in [1.807, 2.05) is 0 Å². The molecule has 3 aliphatic heterocycles. The van der Waals surface area contributed by atoms with Gasteiger partial charge in [0.15, 0.2) is 0 Å². The fraction of sp³-hybridized carbons (Fsp3) is 0.622. The third kappa shape index (κ3) is 9.06. The highest BCUT2D eigenvalue weighted by Gasteiger charge is 2.49. The van der Waals surface area contributed by atoms with Crippen molar-refractivity contribution in [3.63, 3.8) is 0 Å². The number of aromatic nitrogens is 3. The van der Waals surface area contributed by atoms with Crippen LogP contribution in [0.3, 0.4) is 0 Å². The van der Waals surface area contributed by atoms with Gasteiger partial charge >= 0.3 is 0 Å². The van der Waals surface area contributed by atoms with E-state index in [4.69, 9.17) is 10.5 Å². The number of primary amides is 1. The van der Waals surface area contributed by atoms with Crippen LogP contribution in [-0.4, -0.2) is 129 Å². The first-order valence-corrected chi connectivity index (χ1v) is 21.7. The standard InChI is InChI=1S/C37H50N8O9S2/c1-36(2,51)30-22-39-42-45(30)26-21-29(34(49)41-37(31(46)32(38)47)12-18-55-19-13-37)44(23-26)35(50)28(20-24-6-4-3-5-7-24)40-33(48)25-8-10-27(11-9-25)56(52,53)43-14-16-54-17-15-43/h8-11,22,24,26,29,51H,3-7,12-21,23H2,1-2H3,(H2,38,47)(H,41,49)/b40-28+/t26-,29-/m0/s1. The van der Waals surface area contributed by atoms with Gasteiger partial charge in [0.2, 0.25) is 21.7 Å². The van der Waals surface area contributed by atoms with Crippen LogP contribution in [0.15, 0.2) is 40.4 Å². The van der Waals surface area contributed by atoms with Gasteiger partial charge in [-0.2, -0.15) is 16.1 Å². The number of ketones is 1. The molecule has 17 nitrogen and oxygen atoms in total. The van der Waals surface area contributed by atoms with E-state index in [1.165, 1.54) is 44.3 Å². The number of nitrogens with zero attached hydrogens (tertiary/aromatic N) is 6. The number of aliphatic imine (C=N–C) groups is 1. The summed E-state index contributed by atoms with van der Waals surface area (Å²) < 4.78 is 34.5. The number of aliphatic hydroxyl groups is 1. The number of carbonyl (C=O) groups is 5. The van der Waals surface area contributed by atoms with Gasteiger partial charge in [0, 0.05) is 31.6 Å². The van der Waals surface area contributed by atoms with Crippen molar-refractivity contribution in [2.75, 3.05) is 44.4 Å². The lowest BCUT2D eigenvalue weighted by Gasteiger charge is -2.37. The summed E-state index contributed by atoms with van der Waals surface area (Å²) in [6.45, 7) is 4.07. The lowest BCUT2D eigenvalue weighted by atomic mass is 9.85. The smallest absolute Gasteiger partial charge is 0.287 e. The molecule has 304 valence electrons. The maximum atomic E-state index is 14.8. The van der Waals surface area contributed by atoms with Crippen LogP contribution in [0.2, 0.25) is 0 Å². The molecule has 0 bridgehead atoms. The van der Waals surface area contributed by atoms with Gasteiger partial charge in [-0.1, -0.05) is 37.3 Å². The Balaban J connectivity index is 1.33. The lowest BCUT2D eigenvalue weighted by Crippen LogP contribution is -2.63. The predicted molar refractivity (Wildman–Crippen MR) is 205 cm³/mol. The minimum atomic E-state index is -3.81. The molecule has 0 radical (unpaired) electrons. The Hall–Kier alpha value is -4.04. The number of hydrogen-bond acceptors (Lipinski definition) is 12. The van der Waals surface area contributed by atoms with Crippen LogP contribution in [-0.2, 0) is 39.5 Å². The van der Waals surface area contributed by atoms with Crippen molar-refractivity contribution < 1.29 is 42.2 Å². The van der Waals surface area contributed by atoms with Gasteiger partial charge in [-0.15, -0.1) is 5.10 Å². The van der Waals surface area contributed by atoms with Gasteiger partial charge in [-0.3, -0.25) is 24.0 Å². The summed E-state index contributed by atoms with van der Waals surface area (Å²) in [5.41, 5.74) is 2.92. The number of ether oxygens (including phenoxy) is 1. The zero-order valence-corrected chi connectivity index (χ0v) is 33.4. The Bertz CT molecular complexity index is 1940. The monoisotopic (exact) mass is 814 g/mol. The summed E-state index contributed by atoms with van der Waals surface area (Å²) in [4.78, 5) is 74.1. The molecule has 1 aliphatic carbocycles. The van der Waals surface area contributed by atoms with E-state index < -0.39 is 62.7 Å². The van der Waals surface area contributed by atoms with E-state index in [0.717, 1.165) is 32.1 Å². The molecule has 1 aromatic carbocycles. The molecule has 4 amide bonds. The third-order valence-electron chi connectivity index (χ3n) is 11.2. The van der Waals surface area contributed by atoms with Gasteiger partial charge in [-0.25, -0.2) is 18.1 Å². The molecule has 2 aromatic rings. The second-order valence-electron chi connectivity index (χ2n) is 15.5. The van der Waals surface area contributed by atoms with Crippen molar-refractivity contribution in [1.82, 2.24) is 29.5 Å². The Morgan fingerprint density at radius 2 is 1.71 bits per heavy atom. The number of benzene rings is 1. The Morgan fingerprint density at radius 1 is 1.05 bits per heavy atom. The largest absolute Gasteiger partial charge is 0.384 e. The van der Waals surface area contributed by atoms with Crippen LogP contribution < -0.4 is 11.1 Å². The van der Waals surface area contributed by atoms with Crippen molar-refractivity contribution in [3.8, 4) is 0 Å². The molecule has 1 saturated carbocycles. The number of morpholine rings is 1. The molecule has 56 heavy (non-hydrogen) atoms. The first-order valence-electron chi connectivity index (χ1n) is 19.1. The van der Waals surface area contributed by atoms with Gasteiger partial charge < -0.3 is 25.8 Å². The average molecular weight is 815 g/mol. The molecule has 4 fully saturated rings. The minimum Gasteiger partial charge on any atom is -0.384 e. The molecule has 6 rings (SSSR count). The zero-order valence-electron chi connectivity index (χ0n) is 31.7. The SMILES string of the molecule is CC(C)(O)c1cnnn1[C@H]1C[C@@H](C(=O)NC2(C(=O)C(N)=O)CCSCC2)N(C(=O)/C(CC2CCCCC2)=N/C(=O)c2ccc(S(=O)(=O)N3CCOCC3)cc2)C1. The topological polar surface area (TPSA) is 237 Å². The maximum absolute atomic E-state index is 14.8. The molecule has 4 aliphatic rings. The summed E-state index contributed by atoms with van der Waals surface area (Å²) in [7, 11) is -3.81. The molecule has 2 atom stereocenters. The van der Waals surface area contributed by atoms with Crippen molar-refractivity contribution in [3.05, 3.63) is 41.7 Å². The number of sulfonamides is 1. The highest BCUT2D eigenvalue weighted by atomic mass is 32.2. The highest BCUT2D eigenvalue weighted by Crippen LogP contribution is 2.35. The van der Waals surface area contributed by atoms with Gasteiger partial charge in [0.1, 0.15) is 22.9 Å². The summed E-state index contributed by atoms with van der Waals surface area (Å²) in [6.07, 6.45) is 6.56. The molecule has 0 unspecified atom stereocenters. The summed E-state index contributed by atoms with van der Waals surface area (Å²) >= 11 is 1.58. The fourth-order valence-corrected chi connectivity index (χ4v) is 10.6. The van der Waals surface area contributed by atoms with Crippen molar-refractivity contribution in [2.24, 2.45) is 16.6 Å². The van der Waals surface area contributed by atoms with E-state index in [2.05, 4.69) is 20.6 Å². The normalized spacial score (nSPS) is 22.8. The van der Waals surface area contributed by atoms with Gasteiger partial charge in [0.25, 0.3) is 17.7 Å². The van der Waals surface area contributed by atoms with Crippen molar-refractivity contribution in [1.29, 1.82) is 0 Å². The third-order valence-corrected chi connectivity index (χ3v) is 14.1. The number of Topliss-reactive ketones (excluding diaryl/α,β-unsaturated/α-hetero) is 1. The molecule has 19 heteroatoms. The Labute approximate surface area is 330 Å². The predicted octanol–water partition coefficient (Wildman–Crippen LogP) is 1.36. The van der Waals surface area contributed by atoms with Crippen LogP contribution in [0.25, 0.3) is 0 Å². The molecular formula is C37H50N8O9S2. The zero-order chi connectivity index (χ0) is 40.3. The van der Waals surface area contributed by atoms with E-state index in [1.54, 1.807) is 25.6 Å². The Morgan fingerprint density at radius 3 is 2.34 bits per heavy atom. The van der Waals surface area contributed by atoms with Crippen molar-refractivity contribution in [2.45, 2.75) is 99.8 Å². The first-order chi connectivity index (χ1) is 26.6. The number of thioether (sulfide) groups is 1. The first kappa shape index (κ1) is 41.6. The van der Waals surface area contributed by atoms with E-state index in [0.29, 0.717) is 17.2 Å². The number of nitrogens with two attached hydrogens (primary N) is 1. The molecule has 1 aromatic heterocycles. The molecular weight excluding hydrogens is 765 g/mol. The second kappa shape index (κ2) is 17.2. The minimum absolute atomic E-state index is 0.0121. The van der Waals surface area contributed by atoms with Crippen LogP contribution >= 0.6 is 11.8 Å². The number of hydrogen-bond donors (Lipinski definition) is 3. The summed E-state index contributed by atoms with van der Waals surface area (Å²) in [5.74, 6) is -3.09. The molecule has 3 saturated heterocycles. The number of amides is 4. The molecule has 4 N–H and O–H groups in total. The van der Waals surface area contributed by atoms with E-state index >= 15 is 0 Å². The average Bonchev–Trinajstić information content (AvgIpc) is 3.87. The summed E-state index contributed by atoms with van der Waals surface area (Å²) in [6, 6.07) is 3.58. The lowest BCUT2D eigenvalue weighted by molar-refractivity contribution is -0.143. The van der Waals surface area contributed by atoms with Crippen LogP contribution in [0.4, 0.5) is 0 Å². The Kier molecular flexibility index (Phi) is 12.8. The van der Waals surface area contributed by atoms with Crippen LogP contribution in [0.1, 0.15) is 93.7 Å². The summed E-state index contributed by atoms with van der Waals surface area (Å²) in [5, 5.41) is 21.9. The second-order valence-corrected chi connectivity index (χ2v) is 18.6.